The van der Waals surface area contributed by atoms with E-state index in [2.05, 4.69) is 25.6 Å². The maximum atomic E-state index is 14.3. The summed E-state index contributed by atoms with van der Waals surface area (Å²) < 4.78 is 54.8. The van der Waals surface area contributed by atoms with E-state index >= 15 is 0 Å². The zero-order chi connectivity index (χ0) is 31.3. The third-order valence-corrected chi connectivity index (χ3v) is 11.7. The van der Waals surface area contributed by atoms with Gasteiger partial charge in [-0.3, -0.25) is 4.98 Å². The Morgan fingerprint density at radius 2 is 1.80 bits per heavy atom. The fourth-order valence-electron chi connectivity index (χ4n) is 5.62. The van der Waals surface area contributed by atoms with Crippen molar-refractivity contribution in [3.63, 3.8) is 0 Å². The average Bonchev–Trinajstić information content (AvgIpc) is 3.67. The van der Waals surface area contributed by atoms with Gasteiger partial charge in [-0.25, -0.2) is 27.2 Å². The summed E-state index contributed by atoms with van der Waals surface area (Å²) >= 11 is 1.45. The molecule has 2 aliphatic rings. The Hall–Kier alpha value is -3.33. The third kappa shape index (κ3) is 6.00. The lowest BCUT2D eigenvalue weighted by molar-refractivity contribution is 0.0216. The minimum atomic E-state index is -3.47. The van der Waals surface area contributed by atoms with E-state index in [0.29, 0.717) is 22.2 Å². The number of aryl methyl sites for hydroxylation is 1. The number of anilines is 2. The van der Waals surface area contributed by atoms with E-state index in [1.165, 1.54) is 29.5 Å². The van der Waals surface area contributed by atoms with Gasteiger partial charge in [0, 0.05) is 30.1 Å². The molecule has 1 aromatic carbocycles. The molecule has 6 rings (SSSR count). The molecule has 0 amide bonds. The topological polar surface area (TPSA) is 150 Å². The van der Waals surface area contributed by atoms with Crippen molar-refractivity contribution < 1.29 is 27.4 Å². The standard InChI is InChI=1S/C30H34F2N6O4S2/c1-14(2)44(41,42)13-17-11-21(27(40)26(17)39)36-28-23(29-37-25-22(43-29)9-10-33-24(25)16-7-8-16)15(3)35-30(38-28)34-12-18-19(31)5-4-6-20(18)32/h4-6,9-10,14,16-17,21,26-27,39-40H,7-8,11-13H2,1-3H3,(H2,34,35,36,38)/t17-,21?,26-,27+/m1/s1. The molecule has 0 spiro atoms. The quantitative estimate of drug-likeness (QED) is 0.193. The van der Waals surface area contributed by atoms with Crippen molar-refractivity contribution in [3.05, 3.63) is 59.0 Å². The Morgan fingerprint density at radius 3 is 2.48 bits per heavy atom. The van der Waals surface area contributed by atoms with E-state index < -0.39 is 50.9 Å². The van der Waals surface area contributed by atoms with Crippen LogP contribution < -0.4 is 10.6 Å². The number of aliphatic hydroxyl groups is 2. The number of halogens is 2. The van der Waals surface area contributed by atoms with Gasteiger partial charge in [0.05, 0.1) is 44.8 Å². The average molecular weight is 645 g/mol. The van der Waals surface area contributed by atoms with Crippen molar-refractivity contribution in [2.45, 2.75) is 76.0 Å². The van der Waals surface area contributed by atoms with Gasteiger partial charge in [-0.1, -0.05) is 6.07 Å². The van der Waals surface area contributed by atoms with E-state index in [4.69, 9.17) is 4.98 Å². The van der Waals surface area contributed by atoms with Crippen molar-refractivity contribution in [2.24, 2.45) is 5.92 Å². The van der Waals surface area contributed by atoms with E-state index in [-0.39, 0.29) is 36.0 Å². The second kappa shape index (κ2) is 11.9. The molecule has 0 aliphatic heterocycles. The molecular weight excluding hydrogens is 610 g/mol. The fourth-order valence-corrected chi connectivity index (χ4v) is 8.00. The smallest absolute Gasteiger partial charge is 0.225 e. The van der Waals surface area contributed by atoms with Crippen LogP contribution in [0.5, 0.6) is 0 Å². The number of aromatic nitrogens is 4. The molecule has 1 unspecified atom stereocenters. The Bertz CT molecular complexity index is 1790. The lowest BCUT2D eigenvalue weighted by Crippen LogP contribution is -2.36. The molecule has 4 N–H and O–H groups in total. The number of nitrogens with one attached hydrogen (secondary N) is 2. The number of pyridine rings is 1. The minimum Gasteiger partial charge on any atom is -0.390 e. The molecule has 2 fully saturated rings. The number of benzene rings is 1. The summed E-state index contributed by atoms with van der Waals surface area (Å²) in [7, 11) is -3.47. The second-order valence-electron chi connectivity index (χ2n) is 11.9. The highest BCUT2D eigenvalue weighted by atomic mass is 32.2. The van der Waals surface area contributed by atoms with Gasteiger partial charge in [0.2, 0.25) is 5.95 Å². The van der Waals surface area contributed by atoms with Gasteiger partial charge in [-0.15, -0.1) is 11.3 Å². The first-order chi connectivity index (χ1) is 20.9. The number of aliphatic hydroxyl groups excluding tert-OH is 2. The molecule has 14 heteroatoms. The molecule has 2 saturated carbocycles. The normalized spacial score (nSPS) is 22.2. The van der Waals surface area contributed by atoms with Crippen LogP contribution in [-0.4, -0.2) is 67.8 Å². The SMILES string of the molecule is Cc1nc(NCc2c(F)cccc2F)nc(NC2C[C@H](CS(=O)(=O)C(C)C)[C@@H](O)[C@H]2O)c1-c1nc2c(C3CC3)nccc2s1. The molecule has 4 aromatic rings. The lowest BCUT2D eigenvalue weighted by Gasteiger charge is -2.21. The maximum absolute atomic E-state index is 14.3. The van der Waals surface area contributed by atoms with Crippen LogP contribution in [0.2, 0.25) is 0 Å². The molecular formula is C30H34F2N6O4S2. The Labute approximate surface area is 257 Å². The fraction of sp³-hybridized carbons (Fsp3) is 0.467. The van der Waals surface area contributed by atoms with Gasteiger partial charge in [-0.2, -0.15) is 4.98 Å². The zero-order valence-electron chi connectivity index (χ0n) is 24.5. The Morgan fingerprint density at radius 1 is 1.07 bits per heavy atom. The van der Waals surface area contributed by atoms with Crippen LogP contribution in [0.4, 0.5) is 20.5 Å². The van der Waals surface area contributed by atoms with E-state index in [1.54, 1.807) is 27.0 Å². The van der Waals surface area contributed by atoms with E-state index in [1.807, 2.05) is 6.07 Å². The van der Waals surface area contributed by atoms with Gasteiger partial charge < -0.3 is 20.8 Å². The Balaban J connectivity index is 1.36. The minimum absolute atomic E-state index is 0.0878. The number of rotatable bonds is 10. The van der Waals surface area contributed by atoms with Crippen molar-refractivity contribution in [1.29, 1.82) is 0 Å². The van der Waals surface area contributed by atoms with Gasteiger partial charge in [0.25, 0.3) is 0 Å². The summed E-state index contributed by atoms with van der Waals surface area (Å²) in [6.07, 6.45) is 1.55. The van der Waals surface area contributed by atoms with Crippen LogP contribution in [0.1, 0.15) is 56.0 Å². The summed E-state index contributed by atoms with van der Waals surface area (Å²) in [5, 5.41) is 27.9. The molecule has 3 heterocycles. The van der Waals surface area contributed by atoms with Crippen LogP contribution in [0.3, 0.4) is 0 Å². The largest absolute Gasteiger partial charge is 0.390 e. The van der Waals surface area contributed by atoms with Crippen LogP contribution in [-0.2, 0) is 16.4 Å². The van der Waals surface area contributed by atoms with Crippen LogP contribution >= 0.6 is 11.3 Å². The summed E-state index contributed by atoms with van der Waals surface area (Å²) in [5.41, 5.74) is 2.68. The first-order valence-electron chi connectivity index (χ1n) is 14.6. The molecule has 0 radical (unpaired) electrons. The third-order valence-electron chi connectivity index (χ3n) is 8.38. The highest BCUT2D eigenvalue weighted by Crippen LogP contribution is 2.44. The highest BCUT2D eigenvalue weighted by Gasteiger charge is 2.44. The summed E-state index contributed by atoms with van der Waals surface area (Å²) in [6, 6.07) is 4.79. The van der Waals surface area contributed by atoms with Crippen LogP contribution in [0.15, 0.2) is 30.5 Å². The summed E-state index contributed by atoms with van der Waals surface area (Å²) in [5.74, 6) is -1.59. The van der Waals surface area contributed by atoms with Crippen molar-refractivity contribution >= 4 is 43.2 Å². The number of sulfone groups is 1. The summed E-state index contributed by atoms with van der Waals surface area (Å²) in [6.45, 7) is 4.72. The van der Waals surface area contributed by atoms with E-state index in [9.17, 15) is 27.4 Å². The van der Waals surface area contributed by atoms with Gasteiger partial charge in [0.15, 0.2) is 9.84 Å². The van der Waals surface area contributed by atoms with Crippen molar-refractivity contribution in [3.8, 4) is 10.6 Å². The first kappa shape index (κ1) is 30.7. The van der Waals surface area contributed by atoms with Gasteiger partial charge in [0.1, 0.15) is 34.1 Å². The van der Waals surface area contributed by atoms with Crippen molar-refractivity contribution in [1.82, 2.24) is 19.9 Å². The van der Waals surface area contributed by atoms with Gasteiger partial charge >= 0.3 is 0 Å². The first-order valence-corrected chi connectivity index (χ1v) is 17.1. The lowest BCUT2D eigenvalue weighted by atomic mass is 10.1. The predicted octanol–water partition coefficient (Wildman–Crippen LogP) is 4.57. The van der Waals surface area contributed by atoms with Gasteiger partial charge in [-0.05, 0) is 58.2 Å². The number of hydrogen-bond acceptors (Lipinski definition) is 11. The molecule has 4 atom stereocenters. The predicted molar refractivity (Wildman–Crippen MR) is 165 cm³/mol. The molecule has 2 aliphatic carbocycles. The van der Waals surface area contributed by atoms with Crippen LogP contribution in [0.25, 0.3) is 20.8 Å². The molecule has 0 saturated heterocycles. The molecule has 234 valence electrons. The second-order valence-corrected chi connectivity index (χ2v) is 15.5. The monoisotopic (exact) mass is 644 g/mol. The molecule has 10 nitrogen and oxygen atoms in total. The molecule has 3 aromatic heterocycles. The zero-order valence-corrected chi connectivity index (χ0v) is 26.1. The Kier molecular flexibility index (Phi) is 8.28. The number of hydrogen-bond donors (Lipinski definition) is 4. The maximum Gasteiger partial charge on any atom is 0.225 e. The number of nitrogens with zero attached hydrogens (tertiary/aromatic N) is 4. The van der Waals surface area contributed by atoms with Crippen molar-refractivity contribution in [2.75, 3.05) is 16.4 Å². The molecule has 0 bridgehead atoms. The molecule has 44 heavy (non-hydrogen) atoms. The number of fused-ring (bicyclic) bond motifs is 1. The number of thiazole rings is 1. The summed E-state index contributed by atoms with van der Waals surface area (Å²) in [4.78, 5) is 18.7. The highest BCUT2D eigenvalue weighted by molar-refractivity contribution is 7.91. The van der Waals surface area contributed by atoms with Crippen LogP contribution in [0, 0.1) is 24.5 Å². The van der Waals surface area contributed by atoms with E-state index in [0.717, 1.165) is 28.8 Å².